The number of esters is 3. The zero-order valence-electron chi connectivity index (χ0n) is 46.2. The molecule has 1 atom stereocenters. The fourth-order valence-electron chi connectivity index (χ4n) is 7.86. The molecular weight excluding hydrogens is 877 g/mol. The molecule has 0 heterocycles. The summed E-state index contributed by atoms with van der Waals surface area (Å²) in [6.45, 7) is 6.44. The van der Waals surface area contributed by atoms with E-state index < -0.39 is 6.10 Å². The lowest BCUT2D eigenvalue weighted by molar-refractivity contribution is -0.167. The van der Waals surface area contributed by atoms with Gasteiger partial charge in [0.25, 0.3) is 0 Å². The van der Waals surface area contributed by atoms with Crippen molar-refractivity contribution in [2.24, 2.45) is 0 Å². The highest BCUT2D eigenvalue weighted by molar-refractivity contribution is 5.71. The lowest BCUT2D eigenvalue weighted by Crippen LogP contribution is -2.30. The largest absolute Gasteiger partial charge is 0.462 e. The van der Waals surface area contributed by atoms with Crippen molar-refractivity contribution in [3.05, 3.63) is 109 Å². The van der Waals surface area contributed by atoms with Gasteiger partial charge in [0.1, 0.15) is 13.2 Å². The molecule has 0 N–H and O–H groups in total. The summed E-state index contributed by atoms with van der Waals surface area (Å²) in [5.41, 5.74) is 0. The van der Waals surface area contributed by atoms with Gasteiger partial charge in [-0.3, -0.25) is 14.4 Å². The second-order valence-corrected chi connectivity index (χ2v) is 19.2. The molecule has 0 aliphatic carbocycles. The Hall–Kier alpha value is -3.93. The van der Waals surface area contributed by atoms with E-state index in [4.69, 9.17) is 14.2 Å². The summed E-state index contributed by atoms with van der Waals surface area (Å²) in [6.07, 6.45) is 79.6. The fourth-order valence-corrected chi connectivity index (χ4v) is 7.86. The van der Waals surface area contributed by atoms with E-state index in [0.717, 1.165) is 109 Å². The van der Waals surface area contributed by atoms with Gasteiger partial charge in [-0.05, 0) is 109 Å². The Morgan fingerprint density at radius 3 is 0.901 bits per heavy atom. The van der Waals surface area contributed by atoms with Crippen LogP contribution in [-0.4, -0.2) is 37.2 Å². The highest BCUT2D eigenvalue weighted by Gasteiger charge is 2.19. The van der Waals surface area contributed by atoms with Crippen molar-refractivity contribution in [2.75, 3.05) is 13.2 Å². The van der Waals surface area contributed by atoms with Gasteiger partial charge >= 0.3 is 17.9 Å². The van der Waals surface area contributed by atoms with Crippen LogP contribution in [0.4, 0.5) is 0 Å². The summed E-state index contributed by atoms with van der Waals surface area (Å²) in [6, 6.07) is 0. The molecule has 6 heteroatoms. The zero-order valence-corrected chi connectivity index (χ0v) is 46.2. The SMILES string of the molecule is CC/C=C\C/C=C\C/C=C\C/C=C\C/C=C\C/C=C\C/C=C\C/C=C\CCCCC(=O)OCC(COC(=O)CCCCCCCCC)OC(=O)CCCCCCCCCCC/C=C\CCCCCCCC. The Kier molecular flexibility index (Phi) is 55.4. The van der Waals surface area contributed by atoms with E-state index >= 15 is 0 Å². The summed E-state index contributed by atoms with van der Waals surface area (Å²) < 4.78 is 16.8. The van der Waals surface area contributed by atoms with Crippen molar-refractivity contribution in [1.29, 1.82) is 0 Å². The van der Waals surface area contributed by atoms with Gasteiger partial charge in [-0.2, -0.15) is 0 Å². The van der Waals surface area contributed by atoms with Crippen LogP contribution in [0.5, 0.6) is 0 Å². The quantitative estimate of drug-likeness (QED) is 0.0261. The van der Waals surface area contributed by atoms with E-state index in [0.29, 0.717) is 19.3 Å². The van der Waals surface area contributed by atoms with Crippen LogP contribution in [0.2, 0.25) is 0 Å². The lowest BCUT2D eigenvalue weighted by Gasteiger charge is -2.18. The third-order valence-electron chi connectivity index (χ3n) is 12.3. The minimum absolute atomic E-state index is 0.0928. The molecule has 71 heavy (non-hydrogen) atoms. The Labute approximate surface area is 438 Å². The van der Waals surface area contributed by atoms with Gasteiger partial charge in [0.2, 0.25) is 0 Å². The zero-order chi connectivity index (χ0) is 51.4. The first-order valence-electron chi connectivity index (χ1n) is 29.4. The van der Waals surface area contributed by atoms with Crippen LogP contribution >= 0.6 is 0 Å². The maximum absolute atomic E-state index is 12.8. The molecule has 0 amide bonds. The lowest BCUT2D eigenvalue weighted by atomic mass is 10.1. The monoisotopic (exact) mass is 985 g/mol. The van der Waals surface area contributed by atoms with Gasteiger partial charge in [-0.1, -0.05) is 246 Å². The van der Waals surface area contributed by atoms with Gasteiger partial charge in [0.15, 0.2) is 6.10 Å². The van der Waals surface area contributed by atoms with Crippen molar-refractivity contribution in [1.82, 2.24) is 0 Å². The van der Waals surface area contributed by atoms with Crippen LogP contribution in [0.1, 0.15) is 265 Å². The van der Waals surface area contributed by atoms with E-state index in [1.54, 1.807) is 0 Å². The maximum Gasteiger partial charge on any atom is 0.306 e. The molecule has 404 valence electrons. The van der Waals surface area contributed by atoms with Crippen LogP contribution < -0.4 is 0 Å². The molecule has 0 saturated carbocycles. The fraction of sp³-hybridized carbons (Fsp3) is 0.677. The van der Waals surface area contributed by atoms with Crippen LogP contribution in [-0.2, 0) is 28.6 Å². The van der Waals surface area contributed by atoms with Crippen molar-refractivity contribution in [3.8, 4) is 0 Å². The van der Waals surface area contributed by atoms with E-state index in [-0.39, 0.29) is 31.1 Å². The molecule has 0 aromatic heterocycles. The summed E-state index contributed by atoms with van der Waals surface area (Å²) in [4.78, 5) is 38.0. The summed E-state index contributed by atoms with van der Waals surface area (Å²) in [5.74, 6) is -0.946. The standard InChI is InChI=1S/C65H108O6/c1-4-7-10-13-16-18-20-22-24-26-28-29-30-31-32-33-34-35-37-38-40-42-44-46-49-52-55-58-64(67)70-61-62(60-69-63(66)57-54-51-48-15-12-9-6-3)71-65(68)59-56-53-50-47-45-43-41-39-36-27-25-23-21-19-17-14-11-8-5-2/h7,10,16,18,22-25,28-29,31-32,34-35,38,40,44,46,62H,4-6,8-9,11-15,17,19-21,26-27,30,33,36-37,39,41-43,45,47-61H2,1-3H3/b10-7-,18-16-,24-22-,25-23-,29-28-,32-31-,35-34-,40-38-,46-44-. The number of hydrogen-bond donors (Lipinski definition) is 0. The van der Waals surface area contributed by atoms with Crippen LogP contribution in [0.15, 0.2) is 109 Å². The molecule has 0 rings (SSSR count). The number of carbonyl (C=O) groups excluding carboxylic acids is 3. The average molecular weight is 986 g/mol. The second-order valence-electron chi connectivity index (χ2n) is 19.2. The van der Waals surface area contributed by atoms with Gasteiger partial charge in [-0.15, -0.1) is 0 Å². The topological polar surface area (TPSA) is 78.9 Å². The number of allylic oxidation sites excluding steroid dienone is 18. The van der Waals surface area contributed by atoms with E-state index in [9.17, 15) is 14.4 Å². The molecule has 0 fully saturated rings. The minimum Gasteiger partial charge on any atom is -0.462 e. The number of hydrogen-bond acceptors (Lipinski definition) is 6. The summed E-state index contributed by atoms with van der Waals surface area (Å²) in [7, 11) is 0. The molecular formula is C65H108O6. The summed E-state index contributed by atoms with van der Waals surface area (Å²) in [5, 5.41) is 0. The van der Waals surface area contributed by atoms with Crippen molar-refractivity contribution >= 4 is 17.9 Å². The van der Waals surface area contributed by atoms with E-state index in [2.05, 4.69) is 130 Å². The average Bonchev–Trinajstić information content (AvgIpc) is 3.37. The molecule has 0 spiro atoms. The van der Waals surface area contributed by atoms with Crippen molar-refractivity contribution < 1.29 is 28.6 Å². The smallest absolute Gasteiger partial charge is 0.306 e. The Morgan fingerprint density at radius 2 is 0.549 bits per heavy atom. The third-order valence-corrected chi connectivity index (χ3v) is 12.3. The van der Waals surface area contributed by atoms with Gasteiger partial charge < -0.3 is 14.2 Å². The molecule has 0 aromatic rings. The highest BCUT2D eigenvalue weighted by Crippen LogP contribution is 2.15. The van der Waals surface area contributed by atoms with Gasteiger partial charge in [0, 0.05) is 19.3 Å². The van der Waals surface area contributed by atoms with E-state index in [1.807, 2.05) is 0 Å². The Balaban J connectivity index is 4.29. The first-order valence-corrected chi connectivity index (χ1v) is 29.4. The van der Waals surface area contributed by atoms with Crippen LogP contribution in [0.3, 0.4) is 0 Å². The minimum atomic E-state index is -0.796. The predicted octanol–water partition coefficient (Wildman–Crippen LogP) is 19.9. The second kappa shape index (κ2) is 58.6. The Morgan fingerprint density at radius 1 is 0.296 bits per heavy atom. The highest BCUT2D eigenvalue weighted by atomic mass is 16.6. The van der Waals surface area contributed by atoms with Gasteiger partial charge in [-0.25, -0.2) is 0 Å². The molecule has 0 bridgehead atoms. The molecule has 0 aliphatic heterocycles. The van der Waals surface area contributed by atoms with Crippen LogP contribution in [0.25, 0.3) is 0 Å². The first kappa shape index (κ1) is 67.1. The van der Waals surface area contributed by atoms with Crippen molar-refractivity contribution in [3.63, 3.8) is 0 Å². The molecule has 0 aliphatic rings. The number of rotatable bonds is 52. The van der Waals surface area contributed by atoms with E-state index in [1.165, 1.54) is 116 Å². The maximum atomic E-state index is 12.8. The normalized spacial score (nSPS) is 12.9. The first-order chi connectivity index (χ1) is 35.0. The molecule has 0 saturated heterocycles. The summed E-state index contributed by atoms with van der Waals surface area (Å²) >= 11 is 0. The molecule has 0 aromatic carbocycles. The molecule has 0 radical (unpaired) electrons. The third kappa shape index (κ3) is 56.9. The molecule has 6 nitrogen and oxygen atoms in total. The van der Waals surface area contributed by atoms with Crippen molar-refractivity contribution in [2.45, 2.75) is 271 Å². The number of unbranched alkanes of at least 4 members (excludes halogenated alkanes) is 23. The predicted molar refractivity (Wildman–Crippen MR) is 307 cm³/mol. The number of carbonyl (C=O) groups is 3. The van der Waals surface area contributed by atoms with Gasteiger partial charge in [0.05, 0.1) is 0 Å². The van der Waals surface area contributed by atoms with Crippen LogP contribution in [0, 0.1) is 0 Å². The number of ether oxygens (including phenoxy) is 3. The Bertz CT molecular complexity index is 1460. The molecule has 1 unspecified atom stereocenters.